The Labute approximate surface area is 344 Å². The lowest BCUT2D eigenvalue weighted by Gasteiger charge is -2.36. The van der Waals surface area contributed by atoms with Crippen LogP contribution in [-0.4, -0.2) is 120 Å². The number of fused-ring (bicyclic) bond motifs is 1. The van der Waals surface area contributed by atoms with Gasteiger partial charge in [-0.25, -0.2) is 0 Å². The molecule has 6 amide bonds. The summed E-state index contributed by atoms with van der Waals surface area (Å²) in [5.74, 6) is -6.06. The Morgan fingerprint density at radius 2 is 1.66 bits per heavy atom. The second-order valence-corrected chi connectivity index (χ2v) is 18.9. The van der Waals surface area contributed by atoms with Crippen molar-refractivity contribution in [1.82, 2.24) is 31.1 Å². The maximum absolute atomic E-state index is 14.7. The number of ether oxygens (including phenoxy) is 2. The molecule has 5 rings (SSSR count). The fourth-order valence-electron chi connectivity index (χ4n) is 8.36. The Balaban J connectivity index is 1.31. The topological polar surface area (TPSA) is 210 Å². The molecular formula is C41H60N6O10S. The lowest BCUT2D eigenvalue weighted by molar-refractivity contribution is -0.157. The number of carbonyl (C=O) groups excluding carboxylic acids is 8. The predicted octanol–water partition coefficient (Wildman–Crippen LogP) is 2.16. The van der Waals surface area contributed by atoms with Crippen molar-refractivity contribution in [3.8, 4) is 0 Å². The van der Waals surface area contributed by atoms with Gasteiger partial charge in [-0.1, -0.05) is 38.2 Å². The zero-order chi connectivity index (χ0) is 42.5. The van der Waals surface area contributed by atoms with Crippen molar-refractivity contribution in [3.05, 3.63) is 22.4 Å². The van der Waals surface area contributed by atoms with Crippen molar-refractivity contribution in [2.75, 3.05) is 27.2 Å². The van der Waals surface area contributed by atoms with Crippen LogP contribution in [0.25, 0.3) is 0 Å². The standard InChI is InChI=1S/C41H60N6O10S/c1-40(2,3)57-31(50)19-29(48)44-32(24-12-9-8-10-13-24)39(55)47-22-27-25(20-41(4,5)56-27)34(47)36(52)43-26(18-23-15-16-23)35(51)37(53)42-21-30(49)45-33(38(54)46(6)7)28-14-11-17-58-28/h11,14,17,23-27,32-34H,8-10,12-13,15-16,18-22H2,1-7H3,(H,42,53)(H,43,52)(H,44,48)(H,45,49)/t25-,26?,27-,32-,33-,34?/m0/s1. The number of likely N-dealkylation sites (tertiary alicyclic amines) is 1. The highest BCUT2D eigenvalue weighted by atomic mass is 32.1. The first kappa shape index (κ1) is 44.7. The molecule has 4 fully saturated rings. The van der Waals surface area contributed by atoms with Crippen LogP contribution in [0.5, 0.6) is 0 Å². The first-order valence-electron chi connectivity index (χ1n) is 20.4. The van der Waals surface area contributed by atoms with Gasteiger partial charge in [0.2, 0.25) is 35.3 Å². The van der Waals surface area contributed by atoms with Gasteiger partial charge in [0.25, 0.3) is 5.91 Å². The van der Waals surface area contributed by atoms with E-state index in [0.29, 0.717) is 24.1 Å². The van der Waals surface area contributed by atoms with Gasteiger partial charge in [-0.2, -0.15) is 0 Å². The van der Waals surface area contributed by atoms with E-state index in [9.17, 15) is 38.4 Å². The molecule has 0 spiro atoms. The van der Waals surface area contributed by atoms with Crippen LogP contribution in [0.2, 0.25) is 0 Å². The summed E-state index contributed by atoms with van der Waals surface area (Å²) in [4.78, 5) is 111. The Hall–Kier alpha value is -4.38. The molecule has 3 heterocycles. The summed E-state index contributed by atoms with van der Waals surface area (Å²) in [7, 11) is 3.13. The molecule has 0 radical (unpaired) electrons. The number of hydrogen-bond acceptors (Lipinski definition) is 11. The van der Waals surface area contributed by atoms with Crippen LogP contribution in [0.15, 0.2) is 17.5 Å². The predicted molar refractivity (Wildman–Crippen MR) is 213 cm³/mol. The summed E-state index contributed by atoms with van der Waals surface area (Å²) in [5.41, 5.74) is -1.39. The molecule has 2 aliphatic carbocycles. The smallest absolute Gasteiger partial charge is 0.315 e. The van der Waals surface area contributed by atoms with Crippen molar-refractivity contribution >= 4 is 58.5 Å². The van der Waals surface area contributed by atoms with Crippen LogP contribution in [0.4, 0.5) is 0 Å². The number of Topliss-reactive ketones (excluding diaryl/α,β-unsaturated/α-hetero) is 1. The average molecular weight is 829 g/mol. The van der Waals surface area contributed by atoms with E-state index in [0.717, 1.165) is 32.1 Å². The number of ketones is 1. The quantitative estimate of drug-likeness (QED) is 0.108. The van der Waals surface area contributed by atoms with Gasteiger partial charge in [-0.05, 0) is 83.6 Å². The maximum atomic E-state index is 14.7. The zero-order valence-corrected chi connectivity index (χ0v) is 35.5. The lowest BCUT2D eigenvalue weighted by Crippen LogP contribution is -2.59. The Morgan fingerprint density at radius 3 is 2.26 bits per heavy atom. The monoisotopic (exact) mass is 828 g/mol. The van der Waals surface area contributed by atoms with E-state index >= 15 is 0 Å². The van der Waals surface area contributed by atoms with Gasteiger partial charge in [-0.3, -0.25) is 38.4 Å². The number of nitrogens with zero attached hydrogens (tertiary/aromatic N) is 2. The largest absolute Gasteiger partial charge is 0.460 e. The van der Waals surface area contributed by atoms with Crippen molar-refractivity contribution in [1.29, 1.82) is 0 Å². The van der Waals surface area contributed by atoms with E-state index in [4.69, 9.17) is 9.47 Å². The first-order chi connectivity index (χ1) is 27.2. The fraction of sp³-hybridized carbons (Fsp3) is 0.707. The number of thiophene rings is 1. The molecule has 320 valence electrons. The van der Waals surface area contributed by atoms with E-state index in [-0.39, 0.29) is 30.7 Å². The Kier molecular flexibility index (Phi) is 14.4. The first-order valence-corrected chi connectivity index (χ1v) is 21.3. The summed E-state index contributed by atoms with van der Waals surface area (Å²) >= 11 is 1.29. The van der Waals surface area contributed by atoms with Crippen LogP contribution in [0, 0.1) is 17.8 Å². The molecule has 0 aromatic carbocycles. The fourth-order valence-corrected chi connectivity index (χ4v) is 9.12. The van der Waals surface area contributed by atoms with Crippen LogP contribution < -0.4 is 21.3 Å². The molecule has 1 aromatic heterocycles. The second kappa shape index (κ2) is 18.7. The van der Waals surface area contributed by atoms with Crippen LogP contribution in [0.3, 0.4) is 0 Å². The molecule has 2 unspecified atom stereocenters. The van der Waals surface area contributed by atoms with Gasteiger partial charge < -0.3 is 40.5 Å². The van der Waals surface area contributed by atoms with Gasteiger partial charge in [-0.15, -0.1) is 11.3 Å². The van der Waals surface area contributed by atoms with E-state index in [2.05, 4.69) is 21.3 Å². The maximum Gasteiger partial charge on any atom is 0.315 e. The minimum atomic E-state index is -1.23. The van der Waals surface area contributed by atoms with Crippen molar-refractivity contribution in [2.24, 2.45) is 17.8 Å². The SMILES string of the molecule is CN(C)C(=O)[C@@H](NC(=O)CNC(=O)C(=O)C(CC1CC1)NC(=O)C1[C@H]2CC(C)(C)O[C@H]2CN1C(=O)[C@@H](NC(=O)CC(=O)OC(C)(C)C)C1CCCCC1)c1cccs1. The van der Waals surface area contributed by atoms with Crippen molar-refractivity contribution in [3.63, 3.8) is 0 Å². The van der Waals surface area contributed by atoms with Gasteiger partial charge in [0.15, 0.2) is 0 Å². The van der Waals surface area contributed by atoms with Gasteiger partial charge in [0.05, 0.1) is 24.3 Å². The van der Waals surface area contributed by atoms with Crippen LogP contribution in [0.1, 0.15) is 110 Å². The molecule has 2 aliphatic heterocycles. The van der Waals surface area contributed by atoms with Crippen LogP contribution >= 0.6 is 11.3 Å². The van der Waals surface area contributed by atoms with Crippen molar-refractivity contribution in [2.45, 2.75) is 140 Å². The second-order valence-electron chi connectivity index (χ2n) is 18.0. The number of likely N-dealkylation sites (N-methyl/N-ethyl adjacent to an activating group) is 1. The molecule has 6 atom stereocenters. The molecule has 0 bridgehead atoms. The molecule has 17 heteroatoms. The molecule has 4 aliphatic rings. The lowest BCUT2D eigenvalue weighted by atomic mass is 9.83. The van der Waals surface area contributed by atoms with Crippen LogP contribution in [-0.2, 0) is 47.8 Å². The van der Waals surface area contributed by atoms with E-state index in [1.54, 1.807) is 52.4 Å². The average Bonchev–Trinajstić information content (AvgIpc) is 3.51. The molecular weight excluding hydrogens is 769 g/mol. The molecule has 16 nitrogen and oxygen atoms in total. The highest BCUT2D eigenvalue weighted by molar-refractivity contribution is 7.10. The summed E-state index contributed by atoms with van der Waals surface area (Å²) in [6.07, 6.45) is 5.29. The summed E-state index contributed by atoms with van der Waals surface area (Å²) in [6, 6.07) is -0.820. The zero-order valence-electron chi connectivity index (χ0n) is 34.7. The number of carbonyl (C=O) groups is 8. The molecule has 58 heavy (non-hydrogen) atoms. The molecule has 2 saturated heterocycles. The Morgan fingerprint density at radius 1 is 0.966 bits per heavy atom. The molecule has 1 aromatic rings. The number of hydrogen-bond donors (Lipinski definition) is 4. The van der Waals surface area contributed by atoms with E-state index < -0.39 is 102 Å². The molecule has 2 saturated carbocycles. The number of rotatable bonds is 16. The number of nitrogens with one attached hydrogen (secondary N) is 4. The molecule has 4 N–H and O–H groups in total. The minimum Gasteiger partial charge on any atom is -0.460 e. The number of esters is 1. The van der Waals surface area contributed by atoms with Gasteiger partial charge in [0, 0.05) is 31.4 Å². The third-order valence-corrected chi connectivity index (χ3v) is 12.1. The summed E-state index contributed by atoms with van der Waals surface area (Å²) in [6.45, 7) is 8.41. The highest BCUT2D eigenvalue weighted by Gasteiger charge is 2.56. The van der Waals surface area contributed by atoms with E-state index in [1.807, 2.05) is 13.8 Å². The Bertz CT molecular complexity index is 1710. The minimum absolute atomic E-state index is 0.0792. The highest BCUT2D eigenvalue weighted by Crippen LogP contribution is 2.44. The summed E-state index contributed by atoms with van der Waals surface area (Å²) in [5, 5.41) is 12.4. The summed E-state index contributed by atoms with van der Waals surface area (Å²) < 4.78 is 11.7. The van der Waals surface area contributed by atoms with E-state index in [1.165, 1.54) is 21.1 Å². The van der Waals surface area contributed by atoms with Gasteiger partial charge in [0.1, 0.15) is 30.1 Å². The third kappa shape index (κ3) is 11.9. The normalized spacial score (nSPS) is 23.1. The third-order valence-electron chi connectivity index (χ3n) is 11.1. The van der Waals surface area contributed by atoms with Gasteiger partial charge >= 0.3 is 5.97 Å². The number of amides is 6. The van der Waals surface area contributed by atoms with Crippen molar-refractivity contribution < 1.29 is 47.8 Å².